The molecule has 0 radical (unpaired) electrons. The average molecular weight is 257 g/mol. The molecule has 1 aromatic rings. The van der Waals surface area contributed by atoms with E-state index in [1.807, 2.05) is 0 Å². The molecule has 0 aromatic heterocycles. The molecular formula is C10H6ClFN2O3. The minimum Gasteiger partial charge on any atom is -0.368 e. The van der Waals surface area contributed by atoms with Crippen LogP contribution in [0, 0.1) is 5.82 Å². The molecule has 0 saturated carbocycles. The Morgan fingerprint density at radius 3 is 2.65 bits per heavy atom. The standard InChI is InChI=1S/C10H6ClFN2O3/c11-4-1-2-5(12)8-7(4)9(16)10(17)14(8)3-6(13)15/h1-2H,3H2,(H2,13,15). The molecule has 2 amide bonds. The van der Waals surface area contributed by atoms with Gasteiger partial charge in [0, 0.05) is 0 Å². The van der Waals surface area contributed by atoms with Crippen LogP contribution in [0.4, 0.5) is 10.1 Å². The molecule has 0 saturated heterocycles. The molecular weight excluding hydrogens is 251 g/mol. The van der Waals surface area contributed by atoms with E-state index in [1.54, 1.807) is 0 Å². The number of halogens is 2. The van der Waals surface area contributed by atoms with Gasteiger partial charge in [-0.05, 0) is 12.1 Å². The first kappa shape index (κ1) is 11.5. The van der Waals surface area contributed by atoms with Crippen LogP contribution in [0.1, 0.15) is 10.4 Å². The van der Waals surface area contributed by atoms with Gasteiger partial charge >= 0.3 is 0 Å². The molecule has 5 nitrogen and oxygen atoms in total. The number of Topliss-reactive ketones (excluding diaryl/α,β-unsaturated/α-hetero) is 1. The van der Waals surface area contributed by atoms with E-state index < -0.39 is 30.0 Å². The van der Waals surface area contributed by atoms with Gasteiger partial charge in [0.1, 0.15) is 12.4 Å². The maximum Gasteiger partial charge on any atom is 0.300 e. The van der Waals surface area contributed by atoms with Crippen LogP contribution in [-0.4, -0.2) is 24.1 Å². The molecule has 1 aliphatic heterocycles. The lowest BCUT2D eigenvalue weighted by Crippen LogP contribution is -2.37. The maximum absolute atomic E-state index is 13.6. The summed E-state index contributed by atoms with van der Waals surface area (Å²) in [5, 5.41) is -0.0354. The van der Waals surface area contributed by atoms with Gasteiger partial charge in [0.15, 0.2) is 0 Å². The quantitative estimate of drug-likeness (QED) is 0.782. The topological polar surface area (TPSA) is 80.5 Å². The van der Waals surface area contributed by atoms with Crippen molar-refractivity contribution in [2.45, 2.75) is 0 Å². The summed E-state index contributed by atoms with van der Waals surface area (Å²) in [6, 6.07) is 2.19. The maximum atomic E-state index is 13.6. The fourth-order valence-electron chi connectivity index (χ4n) is 1.66. The van der Waals surface area contributed by atoms with Crippen LogP contribution in [-0.2, 0) is 9.59 Å². The molecule has 2 rings (SSSR count). The van der Waals surface area contributed by atoms with Gasteiger partial charge in [0.25, 0.3) is 11.7 Å². The Balaban J connectivity index is 2.63. The fraction of sp³-hybridized carbons (Fsp3) is 0.100. The SMILES string of the molecule is NC(=O)CN1C(=O)C(=O)c2c(Cl)ccc(F)c21. The molecule has 0 bridgehead atoms. The zero-order valence-corrected chi connectivity index (χ0v) is 9.12. The smallest absolute Gasteiger partial charge is 0.300 e. The third-order valence-electron chi connectivity index (χ3n) is 2.33. The van der Waals surface area contributed by atoms with E-state index in [0.29, 0.717) is 4.90 Å². The van der Waals surface area contributed by atoms with Gasteiger partial charge in [0.2, 0.25) is 5.91 Å². The van der Waals surface area contributed by atoms with Gasteiger partial charge in [-0.15, -0.1) is 0 Å². The molecule has 1 aliphatic rings. The molecule has 1 aromatic carbocycles. The number of amides is 2. The highest BCUT2D eigenvalue weighted by Crippen LogP contribution is 2.36. The van der Waals surface area contributed by atoms with Crippen LogP contribution in [0.3, 0.4) is 0 Å². The van der Waals surface area contributed by atoms with Crippen molar-refractivity contribution in [2.75, 3.05) is 11.4 Å². The molecule has 0 spiro atoms. The lowest BCUT2D eigenvalue weighted by molar-refractivity contribution is -0.120. The molecule has 0 aliphatic carbocycles. The molecule has 2 N–H and O–H groups in total. The molecule has 7 heteroatoms. The highest BCUT2D eigenvalue weighted by atomic mass is 35.5. The average Bonchev–Trinajstić information content (AvgIpc) is 2.49. The van der Waals surface area contributed by atoms with Crippen LogP contribution >= 0.6 is 11.6 Å². The van der Waals surface area contributed by atoms with E-state index >= 15 is 0 Å². The number of ketones is 1. The number of rotatable bonds is 2. The largest absolute Gasteiger partial charge is 0.368 e. The van der Waals surface area contributed by atoms with Gasteiger partial charge in [0.05, 0.1) is 16.3 Å². The van der Waals surface area contributed by atoms with E-state index in [0.717, 1.165) is 6.07 Å². The van der Waals surface area contributed by atoms with E-state index in [4.69, 9.17) is 17.3 Å². The van der Waals surface area contributed by atoms with E-state index in [-0.39, 0.29) is 16.3 Å². The summed E-state index contributed by atoms with van der Waals surface area (Å²) in [6.45, 7) is -0.561. The molecule has 0 atom stereocenters. The van der Waals surface area contributed by atoms with Gasteiger partial charge in [-0.3, -0.25) is 19.3 Å². The molecule has 1 heterocycles. The Morgan fingerprint density at radius 2 is 2.06 bits per heavy atom. The minimum atomic E-state index is -1.01. The number of primary amides is 1. The van der Waals surface area contributed by atoms with Crippen LogP contribution in [0.15, 0.2) is 12.1 Å². The predicted molar refractivity (Wildman–Crippen MR) is 57.3 cm³/mol. The number of fused-ring (bicyclic) bond motifs is 1. The van der Waals surface area contributed by atoms with Gasteiger partial charge in [-0.2, -0.15) is 0 Å². The lowest BCUT2D eigenvalue weighted by Gasteiger charge is -2.14. The van der Waals surface area contributed by atoms with E-state index in [9.17, 15) is 18.8 Å². The highest BCUT2D eigenvalue weighted by molar-refractivity contribution is 6.55. The second-order valence-electron chi connectivity index (χ2n) is 3.44. The second-order valence-corrected chi connectivity index (χ2v) is 3.85. The third kappa shape index (κ3) is 1.66. The fourth-order valence-corrected chi connectivity index (χ4v) is 1.90. The number of carbonyl (C=O) groups is 3. The van der Waals surface area contributed by atoms with Crippen LogP contribution in [0.5, 0.6) is 0 Å². The molecule has 0 unspecified atom stereocenters. The summed E-state index contributed by atoms with van der Waals surface area (Å²) in [5.74, 6) is -3.60. The normalized spacial score (nSPS) is 14.1. The van der Waals surface area contributed by atoms with Crippen LogP contribution in [0.2, 0.25) is 5.02 Å². The summed E-state index contributed by atoms with van der Waals surface area (Å²) in [7, 11) is 0. The van der Waals surface area contributed by atoms with Crippen molar-refractivity contribution in [3.05, 3.63) is 28.5 Å². The number of nitrogens with two attached hydrogens (primary N) is 1. The first-order valence-electron chi connectivity index (χ1n) is 4.56. The number of benzene rings is 1. The van der Waals surface area contributed by atoms with E-state index in [1.165, 1.54) is 6.07 Å². The van der Waals surface area contributed by atoms with Crippen LogP contribution in [0.25, 0.3) is 0 Å². The number of hydrogen-bond donors (Lipinski definition) is 1. The zero-order valence-electron chi connectivity index (χ0n) is 8.37. The van der Waals surface area contributed by atoms with Crippen LogP contribution < -0.4 is 10.6 Å². The number of nitrogens with zero attached hydrogens (tertiary/aromatic N) is 1. The monoisotopic (exact) mass is 256 g/mol. The first-order chi connectivity index (χ1) is 7.93. The third-order valence-corrected chi connectivity index (χ3v) is 2.64. The van der Waals surface area contributed by atoms with Crippen molar-refractivity contribution >= 4 is 34.9 Å². The Kier molecular flexibility index (Phi) is 2.59. The Bertz CT molecular complexity index is 559. The van der Waals surface area contributed by atoms with Crippen molar-refractivity contribution in [3.63, 3.8) is 0 Å². The molecule has 0 fully saturated rings. The molecule has 88 valence electrons. The summed E-state index contributed by atoms with van der Waals surface area (Å²) >= 11 is 5.72. The van der Waals surface area contributed by atoms with Gasteiger partial charge in [-0.1, -0.05) is 11.6 Å². The van der Waals surface area contributed by atoms with Crippen molar-refractivity contribution in [3.8, 4) is 0 Å². The second kappa shape index (κ2) is 3.81. The highest BCUT2D eigenvalue weighted by Gasteiger charge is 2.40. The van der Waals surface area contributed by atoms with Crippen molar-refractivity contribution in [1.82, 2.24) is 0 Å². The lowest BCUT2D eigenvalue weighted by atomic mass is 10.1. The van der Waals surface area contributed by atoms with Crippen molar-refractivity contribution in [2.24, 2.45) is 5.73 Å². The summed E-state index contributed by atoms with van der Waals surface area (Å²) < 4.78 is 13.6. The number of anilines is 1. The Hall–Kier alpha value is -1.95. The van der Waals surface area contributed by atoms with Gasteiger partial charge < -0.3 is 5.73 Å². The Morgan fingerprint density at radius 1 is 1.41 bits per heavy atom. The Labute approximate surface area is 99.9 Å². The number of carbonyl (C=O) groups excluding carboxylic acids is 3. The van der Waals surface area contributed by atoms with Gasteiger partial charge in [-0.25, -0.2) is 4.39 Å². The number of hydrogen-bond acceptors (Lipinski definition) is 3. The predicted octanol–water partition coefficient (Wildman–Crippen LogP) is 0.494. The van der Waals surface area contributed by atoms with Crippen molar-refractivity contribution in [1.29, 1.82) is 0 Å². The summed E-state index contributed by atoms with van der Waals surface area (Å²) in [6.07, 6.45) is 0. The first-order valence-corrected chi connectivity index (χ1v) is 4.93. The summed E-state index contributed by atoms with van der Waals surface area (Å²) in [5.41, 5.74) is 4.42. The van der Waals surface area contributed by atoms with E-state index in [2.05, 4.69) is 0 Å². The zero-order chi connectivity index (χ0) is 12.7. The molecule has 17 heavy (non-hydrogen) atoms. The summed E-state index contributed by atoms with van der Waals surface area (Å²) in [4.78, 5) is 34.6. The van der Waals surface area contributed by atoms with Crippen molar-refractivity contribution < 1.29 is 18.8 Å². The minimum absolute atomic E-state index is 0.0354.